The Hall–Kier alpha value is -3.25. The third-order valence-electron chi connectivity index (χ3n) is 4.16. The highest BCUT2D eigenvalue weighted by atomic mass is 35.5. The lowest BCUT2D eigenvalue weighted by molar-refractivity contribution is -0.118. The van der Waals surface area contributed by atoms with Crippen LogP contribution in [-0.4, -0.2) is 19.1 Å². The quantitative estimate of drug-likeness (QED) is 0.472. The maximum atomic E-state index is 13.0. The molecular formula is C23H22ClFN2O3. The molecule has 30 heavy (non-hydrogen) atoms. The Morgan fingerprint density at radius 2 is 1.77 bits per heavy atom. The highest BCUT2D eigenvalue weighted by molar-refractivity contribution is 6.33. The van der Waals surface area contributed by atoms with Gasteiger partial charge in [0.1, 0.15) is 5.82 Å². The van der Waals surface area contributed by atoms with Gasteiger partial charge in [-0.3, -0.25) is 4.79 Å². The SMILES string of the molecule is CCOc1cc(CNc2ccc(F)cc2)ccc1OCC(=O)Nc1ccccc1Cl. The van der Waals surface area contributed by atoms with Crippen LogP contribution in [0.15, 0.2) is 66.7 Å². The van der Waals surface area contributed by atoms with Gasteiger partial charge in [-0.1, -0.05) is 29.8 Å². The monoisotopic (exact) mass is 428 g/mol. The summed E-state index contributed by atoms with van der Waals surface area (Å²) in [4.78, 5) is 12.2. The van der Waals surface area contributed by atoms with E-state index in [4.69, 9.17) is 21.1 Å². The minimum Gasteiger partial charge on any atom is -0.490 e. The molecule has 0 aromatic heterocycles. The molecule has 156 valence electrons. The summed E-state index contributed by atoms with van der Waals surface area (Å²) < 4.78 is 24.3. The summed E-state index contributed by atoms with van der Waals surface area (Å²) in [5, 5.41) is 6.39. The number of hydrogen-bond donors (Lipinski definition) is 2. The molecule has 1 amide bonds. The maximum absolute atomic E-state index is 13.0. The van der Waals surface area contributed by atoms with E-state index in [1.54, 1.807) is 42.5 Å². The fourth-order valence-corrected chi connectivity index (χ4v) is 2.90. The standard InChI is InChI=1S/C23H22ClFN2O3/c1-2-29-22-13-16(14-26-18-10-8-17(25)9-11-18)7-12-21(22)30-15-23(28)27-20-6-4-3-5-19(20)24/h3-13,26H,2,14-15H2,1H3,(H,27,28). The van der Waals surface area contributed by atoms with Crippen LogP contribution in [0.25, 0.3) is 0 Å². The van der Waals surface area contributed by atoms with Gasteiger partial charge in [-0.2, -0.15) is 0 Å². The van der Waals surface area contributed by atoms with E-state index in [1.807, 2.05) is 19.1 Å². The van der Waals surface area contributed by atoms with Crippen LogP contribution in [0.3, 0.4) is 0 Å². The Morgan fingerprint density at radius 1 is 1.00 bits per heavy atom. The minimum atomic E-state index is -0.326. The number of amides is 1. The second kappa shape index (κ2) is 10.5. The smallest absolute Gasteiger partial charge is 0.262 e. The van der Waals surface area contributed by atoms with Crippen molar-refractivity contribution in [1.29, 1.82) is 0 Å². The number of hydrogen-bond acceptors (Lipinski definition) is 4. The van der Waals surface area contributed by atoms with E-state index >= 15 is 0 Å². The average molecular weight is 429 g/mol. The first-order valence-corrected chi connectivity index (χ1v) is 9.85. The van der Waals surface area contributed by atoms with Gasteiger partial charge in [-0.15, -0.1) is 0 Å². The zero-order valence-electron chi connectivity index (χ0n) is 16.5. The largest absolute Gasteiger partial charge is 0.490 e. The predicted octanol–water partition coefficient (Wildman–Crippen LogP) is 5.51. The molecule has 0 fully saturated rings. The van der Waals surface area contributed by atoms with E-state index < -0.39 is 0 Å². The van der Waals surface area contributed by atoms with Gasteiger partial charge in [-0.25, -0.2) is 4.39 Å². The van der Waals surface area contributed by atoms with Gasteiger partial charge in [0.2, 0.25) is 0 Å². The molecule has 0 heterocycles. The molecule has 3 aromatic carbocycles. The fourth-order valence-electron chi connectivity index (χ4n) is 2.71. The molecule has 0 atom stereocenters. The van der Waals surface area contributed by atoms with Crippen LogP contribution in [0.4, 0.5) is 15.8 Å². The fraction of sp³-hybridized carbons (Fsp3) is 0.174. The number of para-hydroxylation sites is 1. The van der Waals surface area contributed by atoms with Crippen LogP contribution >= 0.6 is 11.6 Å². The molecule has 0 aliphatic carbocycles. The lowest BCUT2D eigenvalue weighted by atomic mass is 10.2. The van der Waals surface area contributed by atoms with Crippen molar-refractivity contribution in [1.82, 2.24) is 0 Å². The van der Waals surface area contributed by atoms with E-state index in [1.165, 1.54) is 12.1 Å². The Morgan fingerprint density at radius 3 is 2.50 bits per heavy atom. The van der Waals surface area contributed by atoms with Crippen LogP contribution in [-0.2, 0) is 11.3 Å². The third kappa shape index (κ3) is 6.12. The van der Waals surface area contributed by atoms with Gasteiger partial charge in [0.15, 0.2) is 18.1 Å². The molecule has 0 radical (unpaired) electrons. The van der Waals surface area contributed by atoms with Gasteiger partial charge in [0.05, 0.1) is 17.3 Å². The summed E-state index contributed by atoms with van der Waals surface area (Å²) in [6.45, 7) is 2.67. The molecule has 0 saturated carbocycles. The molecule has 0 spiro atoms. The second-order valence-corrected chi connectivity index (χ2v) is 6.80. The summed E-state index contributed by atoms with van der Waals surface area (Å²) in [6, 6.07) is 18.6. The number of halogens is 2. The molecule has 7 heteroatoms. The third-order valence-corrected chi connectivity index (χ3v) is 4.49. The molecule has 3 rings (SSSR count). The first-order chi connectivity index (χ1) is 14.5. The lowest BCUT2D eigenvalue weighted by Crippen LogP contribution is -2.20. The number of anilines is 2. The van der Waals surface area contributed by atoms with Crippen molar-refractivity contribution in [2.75, 3.05) is 23.8 Å². The van der Waals surface area contributed by atoms with Crippen molar-refractivity contribution in [2.24, 2.45) is 0 Å². The molecule has 0 saturated heterocycles. The van der Waals surface area contributed by atoms with Gasteiger partial charge >= 0.3 is 0 Å². The molecular weight excluding hydrogens is 407 g/mol. The van der Waals surface area contributed by atoms with E-state index in [0.29, 0.717) is 35.4 Å². The van der Waals surface area contributed by atoms with E-state index in [0.717, 1.165) is 11.3 Å². The zero-order valence-corrected chi connectivity index (χ0v) is 17.2. The molecule has 0 bridgehead atoms. The van der Waals surface area contributed by atoms with Crippen LogP contribution < -0.4 is 20.1 Å². The molecule has 0 unspecified atom stereocenters. The Labute approximate surface area is 179 Å². The number of carbonyl (C=O) groups excluding carboxylic acids is 1. The highest BCUT2D eigenvalue weighted by Gasteiger charge is 2.11. The first-order valence-electron chi connectivity index (χ1n) is 9.47. The molecule has 3 aromatic rings. The maximum Gasteiger partial charge on any atom is 0.262 e. The predicted molar refractivity (Wildman–Crippen MR) is 117 cm³/mol. The first kappa shape index (κ1) is 21.5. The van der Waals surface area contributed by atoms with Crippen molar-refractivity contribution in [3.05, 3.63) is 83.1 Å². The van der Waals surface area contributed by atoms with Crippen molar-refractivity contribution in [3.63, 3.8) is 0 Å². The van der Waals surface area contributed by atoms with Crippen LogP contribution in [0.1, 0.15) is 12.5 Å². The number of carbonyl (C=O) groups is 1. The van der Waals surface area contributed by atoms with E-state index in [9.17, 15) is 9.18 Å². The lowest BCUT2D eigenvalue weighted by Gasteiger charge is -2.14. The zero-order chi connectivity index (χ0) is 21.3. The van der Waals surface area contributed by atoms with Gasteiger partial charge < -0.3 is 20.1 Å². The topological polar surface area (TPSA) is 59.6 Å². The average Bonchev–Trinajstić information content (AvgIpc) is 2.74. The molecule has 2 N–H and O–H groups in total. The van der Waals surface area contributed by atoms with Crippen LogP contribution in [0.2, 0.25) is 5.02 Å². The summed E-state index contributed by atoms with van der Waals surface area (Å²) in [6.07, 6.45) is 0. The Balaban J connectivity index is 1.60. The van der Waals surface area contributed by atoms with Crippen molar-refractivity contribution >= 4 is 28.9 Å². The van der Waals surface area contributed by atoms with Gasteiger partial charge in [0, 0.05) is 12.2 Å². The van der Waals surface area contributed by atoms with Crippen LogP contribution in [0, 0.1) is 5.82 Å². The van der Waals surface area contributed by atoms with Gasteiger partial charge in [-0.05, 0) is 61.0 Å². The van der Waals surface area contributed by atoms with Crippen molar-refractivity contribution in [3.8, 4) is 11.5 Å². The number of nitrogens with one attached hydrogen (secondary N) is 2. The summed E-state index contributed by atoms with van der Waals surface area (Å²) in [5.74, 6) is 0.407. The number of benzene rings is 3. The summed E-state index contributed by atoms with van der Waals surface area (Å²) >= 11 is 6.05. The van der Waals surface area contributed by atoms with E-state index in [2.05, 4.69) is 10.6 Å². The highest BCUT2D eigenvalue weighted by Crippen LogP contribution is 2.29. The normalized spacial score (nSPS) is 10.4. The summed E-state index contributed by atoms with van der Waals surface area (Å²) in [7, 11) is 0. The van der Waals surface area contributed by atoms with E-state index in [-0.39, 0.29) is 18.3 Å². The summed E-state index contributed by atoms with van der Waals surface area (Å²) in [5.41, 5.74) is 2.29. The Kier molecular flexibility index (Phi) is 7.51. The van der Waals surface area contributed by atoms with Crippen molar-refractivity contribution in [2.45, 2.75) is 13.5 Å². The molecule has 0 aliphatic heterocycles. The number of ether oxygens (including phenoxy) is 2. The van der Waals surface area contributed by atoms with Crippen LogP contribution in [0.5, 0.6) is 11.5 Å². The number of rotatable bonds is 9. The molecule has 5 nitrogen and oxygen atoms in total. The minimum absolute atomic E-state index is 0.182. The van der Waals surface area contributed by atoms with Crippen molar-refractivity contribution < 1.29 is 18.7 Å². The second-order valence-electron chi connectivity index (χ2n) is 6.39. The molecule has 0 aliphatic rings. The van der Waals surface area contributed by atoms with Gasteiger partial charge in [0.25, 0.3) is 5.91 Å². The Bertz CT molecular complexity index is 996.